The first-order chi connectivity index (χ1) is 31.6. The van der Waals surface area contributed by atoms with Gasteiger partial charge in [0, 0.05) is 43.8 Å². The number of hydrogen-bond acceptors (Lipinski definition) is 6. The normalized spacial score (nSPS) is 12.6. The Morgan fingerprint density at radius 3 is 1.55 bits per heavy atom. The first-order valence-electron chi connectivity index (χ1n) is 21.7. The van der Waals surface area contributed by atoms with Crippen molar-refractivity contribution in [1.82, 2.24) is 29.9 Å². The van der Waals surface area contributed by atoms with E-state index in [1.54, 1.807) is 0 Å². The molecule has 11 aromatic rings. The Morgan fingerprint density at radius 1 is 0.297 bits per heavy atom. The summed E-state index contributed by atoms with van der Waals surface area (Å²) in [6.45, 7) is 0. The van der Waals surface area contributed by atoms with Crippen molar-refractivity contribution in [2.45, 2.75) is 12.8 Å². The van der Waals surface area contributed by atoms with Gasteiger partial charge < -0.3 is 0 Å². The van der Waals surface area contributed by atoms with Crippen molar-refractivity contribution in [3.8, 4) is 67.7 Å². The van der Waals surface area contributed by atoms with Crippen molar-refractivity contribution >= 4 is 49.2 Å². The zero-order valence-corrected chi connectivity index (χ0v) is 34.7. The van der Waals surface area contributed by atoms with E-state index in [4.69, 9.17) is 29.9 Å². The van der Waals surface area contributed by atoms with Crippen LogP contribution in [0.3, 0.4) is 0 Å². The van der Waals surface area contributed by atoms with Crippen molar-refractivity contribution in [2.75, 3.05) is 0 Å². The second kappa shape index (κ2) is 15.8. The van der Waals surface area contributed by atoms with E-state index in [-0.39, 0.29) is 0 Å². The number of fused-ring (bicyclic) bond motifs is 5. The minimum atomic E-state index is 0.662. The topological polar surface area (TPSA) is 77.3 Å². The van der Waals surface area contributed by atoms with Crippen LogP contribution >= 0.6 is 0 Å². The number of aromatic nitrogens is 6. The largest absolute Gasteiger partial charge is 0.248 e. The predicted octanol–water partition coefficient (Wildman–Crippen LogP) is 14.4. The Hall–Kier alpha value is -8.48. The molecule has 0 fully saturated rings. The molecule has 0 unspecified atom stereocenters. The molecule has 0 amide bonds. The molecule has 5 aromatic heterocycles. The Kier molecular flexibility index (Phi) is 9.19. The first-order valence-corrected chi connectivity index (χ1v) is 21.7. The highest BCUT2D eigenvalue weighted by Gasteiger charge is 2.14. The maximum Gasteiger partial charge on any atom is 0.160 e. The Morgan fingerprint density at radius 2 is 0.812 bits per heavy atom. The predicted molar refractivity (Wildman–Crippen MR) is 262 cm³/mol. The molecule has 6 nitrogen and oxygen atoms in total. The molecule has 0 saturated carbocycles. The molecule has 300 valence electrons. The van der Waals surface area contributed by atoms with E-state index in [0.717, 1.165) is 124 Å². The summed E-state index contributed by atoms with van der Waals surface area (Å²) in [6, 6.07) is 65.0. The summed E-state index contributed by atoms with van der Waals surface area (Å²) in [5, 5.41) is 4.28. The van der Waals surface area contributed by atoms with E-state index in [1.807, 2.05) is 60.7 Å². The van der Waals surface area contributed by atoms with Crippen molar-refractivity contribution in [3.05, 3.63) is 212 Å². The van der Waals surface area contributed by atoms with Gasteiger partial charge in [0.2, 0.25) is 0 Å². The summed E-state index contributed by atoms with van der Waals surface area (Å²) in [7, 11) is 0. The highest BCUT2D eigenvalue weighted by atomic mass is 14.9. The van der Waals surface area contributed by atoms with Gasteiger partial charge in [-0.3, -0.25) is 0 Å². The molecule has 0 N–H and O–H groups in total. The molecule has 64 heavy (non-hydrogen) atoms. The number of allylic oxidation sites excluding steroid dienone is 4. The molecule has 5 heterocycles. The van der Waals surface area contributed by atoms with Crippen molar-refractivity contribution in [2.24, 2.45) is 0 Å². The minimum absolute atomic E-state index is 0.662. The molecule has 0 aliphatic heterocycles. The standard InChI is InChI=1S/C58H38N6/c1-4-11-37(12-5-1)48-30-27-41-21-22-42-28-31-50(62-57(42)56(41)61-48)46-18-10-17-44(33-46)45-23-19-39-25-29-49(59-52(39)34-45)47-24-20-40-26-32-51(60-53(40)35-47)55-36-54(38-13-6-2-7-14-38)63-58(64-55)43-15-8-3-9-16-43/h2-4,6-36H,1,5H2. The van der Waals surface area contributed by atoms with Gasteiger partial charge in [0.05, 0.1) is 56.2 Å². The molecule has 0 bridgehead atoms. The molecule has 1 aliphatic carbocycles. The van der Waals surface area contributed by atoms with Crippen LogP contribution in [-0.2, 0) is 0 Å². The highest BCUT2D eigenvalue weighted by molar-refractivity contribution is 6.04. The van der Waals surface area contributed by atoms with Crippen molar-refractivity contribution < 1.29 is 0 Å². The number of hydrogen-bond donors (Lipinski definition) is 0. The third-order valence-electron chi connectivity index (χ3n) is 12.1. The molecule has 0 atom stereocenters. The molecule has 0 spiro atoms. The highest BCUT2D eigenvalue weighted by Crippen LogP contribution is 2.34. The molecule has 0 radical (unpaired) electrons. The Bertz CT molecular complexity index is 3610. The van der Waals surface area contributed by atoms with Crippen LogP contribution in [0.4, 0.5) is 0 Å². The number of pyridine rings is 4. The van der Waals surface area contributed by atoms with Crippen LogP contribution in [0.25, 0.3) is 117 Å². The lowest BCUT2D eigenvalue weighted by Crippen LogP contribution is -1.97. The van der Waals surface area contributed by atoms with Crippen LogP contribution < -0.4 is 0 Å². The van der Waals surface area contributed by atoms with Crippen LogP contribution in [0.5, 0.6) is 0 Å². The lowest BCUT2D eigenvalue weighted by molar-refractivity contribution is 1.04. The molecular formula is C58H38N6. The fourth-order valence-electron chi connectivity index (χ4n) is 8.68. The van der Waals surface area contributed by atoms with Crippen LogP contribution in [-0.4, -0.2) is 29.9 Å². The molecular weight excluding hydrogens is 781 g/mol. The quantitative estimate of drug-likeness (QED) is 0.149. The summed E-state index contributed by atoms with van der Waals surface area (Å²) < 4.78 is 0. The van der Waals surface area contributed by atoms with Gasteiger partial charge in [-0.05, 0) is 78.1 Å². The molecule has 12 rings (SSSR count). The van der Waals surface area contributed by atoms with Crippen molar-refractivity contribution in [3.63, 3.8) is 0 Å². The molecule has 6 aromatic carbocycles. The summed E-state index contributed by atoms with van der Waals surface area (Å²) in [5.74, 6) is 0.662. The zero-order chi connectivity index (χ0) is 42.4. The summed E-state index contributed by atoms with van der Waals surface area (Å²) in [4.78, 5) is 30.8. The summed E-state index contributed by atoms with van der Waals surface area (Å²) >= 11 is 0. The van der Waals surface area contributed by atoms with Gasteiger partial charge in [0.15, 0.2) is 5.82 Å². The lowest BCUT2D eigenvalue weighted by Gasteiger charge is -2.11. The number of benzene rings is 6. The lowest BCUT2D eigenvalue weighted by atomic mass is 9.99. The Balaban J connectivity index is 0.874. The summed E-state index contributed by atoms with van der Waals surface area (Å²) in [5.41, 5.74) is 16.2. The molecule has 0 saturated heterocycles. The van der Waals surface area contributed by atoms with Gasteiger partial charge >= 0.3 is 0 Å². The number of rotatable bonds is 7. The zero-order valence-electron chi connectivity index (χ0n) is 34.7. The van der Waals surface area contributed by atoms with E-state index in [0.29, 0.717) is 5.82 Å². The number of nitrogens with zero attached hydrogens (tertiary/aromatic N) is 6. The first kappa shape index (κ1) is 37.3. The van der Waals surface area contributed by atoms with E-state index in [1.165, 1.54) is 5.57 Å². The van der Waals surface area contributed by atoms with Gasteiger partial charge in [-0.25, -0.2) is 29.9 Å². The third-order valence-corrected chi connectivity index (χ3v) is 12.1. The fraction of sp³-hybridized carbons (Fsp3) is 0.0345. The van der Waals surface area contributed by atoms with Crippen LogP contribution in [0.15, 0.2) is 206 Å². The van der Waals surface area contributed by atoms with Gasteiger partial charge in [-0.2, -0.15) is 0 Å². The Labute approximate surface area is 370 Å². The van der Waals surface area contributed by atoms with Crippen molar-refractivity contribution in [1.29, 1.82) is 0 Å². The second-order valence-corrected chi connectivity index (χ2v) is 16.2. The van der Waals surface area contributed by atoms with Gasteiger partial charge in [-0.1, -0.05) is 158 Å². The third kappa shape index (κ3) is 7.07. The molecule has 6 heteroatoms. The van der Waals surface area contributed by atoms with Gasteiger partial charge in [0.25, 0.3) is 0 Å². The van der Waals surface area contributed by atoms with E-state index >= 15 is 0 Å². The maximum absolute atomic E-state index is 5.24. The average molecular weight is 819 g/mol. The van der Waals surface area contributed by atoms with Crippen LogP contribution in [0, 0.1) is 0 Å². The average Bonchev–Trinajstić information content (AvgIpc) is 3.38. The van der Waals surface area contributed by atoms with Crippen LogP contribution in [0.1, 0.15) is 18.5 Å². The van der Waals surface area contributed by atoms with E-state index < -0.39 is 0 Å². The SMILES string of the molecule is C1=CC(c2ccc3ccc4ccc(-c5cccc(-c6ccc7ccc(-c8ccc9ccc(-c%10cc(-c%11ccccc%11)nc(-c%11ccccc%11)n%10)nc9c8)nc7c6)c5)nc4c3n2)=CCC1. The monoisotopic (exact) mass is 818 g/mol. The van der Waals surface area contributed by atoms with Gasteiger partial charge in [0.1, 0.15) is 0 Å². The minimum Gasteiger partial charge on any atom is -0.248 e. The smallest absolute Gasteiger partial charge is 0.160 e. The van der Waals surface area contributed by atoms with Gasteiger partial charge in [-0.15, -0.1) is 0 Å². The second-order valence-electron chi connectivity index (χ2n) is 16.2. The van der Waals surface area contributed by atoms with E-state index in [2.05, 4.69) is 146 Å². The fourth-order valence-corrected chi connectivity index (χ4v) is 8.68. The maximum atomic E-state index is 5.24. The molecule has 1 aliphatic rings. The summed E-state index contributed by atoms with van der Waals surface area (Å²) in [6.07, 6.45) is 8.79. The van der Waals surface area contributed by atoms with E-state index in [9.17, 15) is 0 Å². The van der Waals surface area contributed by atoms with Crippen LogP contribution in [0.2, 0.25) is 0 Å².